The number of nitrogens with two attached hydrogens (primary N) is 1. The lowest BCUT2D eigenvalue weighted by molar-refractivity contribution is 0.264. The third-order valence-electron chi connectivity index (χ3n) is 4.13. The number of nitrogens with zero attached hydrogens (tertiary/aromatic N) is 2. The molecule has 106 valence electrons. The number of pyridine rings is 1. The standard InChI is InChI=1S/C16H20ClN3/c1-3-20-7-6-15-13(9-20)16(10(2)18)12-8-11(17)4-5-14(12)19-15/h4-5,8,10H,3,6-7,9,18H2,1-2H3. The molecule has 0 aliphatic carbocycles. The van der Waals surface area contributed by atoms with E-state index < -0.39 is 0 Å². The molecule has 2 N–H and O–H groups in total. The summed E-state index contributed by atoms with van der Waals surface area (Å²) in [5, 5.41) is 1.84. The Hall–Kier alpha value is -1.16. The maximum absolute atomic E-state index is 6.25. The van der Waals surface area contributed by atoms with Gasteiger partial charge in [0.2, 0.25) is 0 Å². The van der Waals surface area contributed by atoms with Gasteiger partial charge in [-0.3, -0.25) is 9.88 Å². The van der Waals surface area contributed by atoms with Crippen molar-refractivity contribution in [2.45, 2.75) is 32.9 Å². The number of aromatic nitrogens is 1. The molecule has 1 aromatic heterocycles. The zero-order valence-electron chi connectivity index (χ0n) is 12.0. The van der Waals surface area contributed by atoms with Crippen molar-refractivity contribution >= 4 is 22.5 Å². The topological polar surface area (TPSA) is 42.2 Å². The molecule has 1 atom stereocenters. The van der Waals surface area contributed by atoms with Crippen LogP contribution in [0.1, 0.15) is 36.7 Å². The van der Waals surface area contributed by atoms with Crippen molar-refractivity contribution in [3.63, 3.8) is 0 Å². The van der Waals surface area contributed by atoms with Gasteiger partial charge in [0.15, 0.2) is 0 Å². The van der Waals surface area contributed by atoms with Gasteiger partial charge in [-0.1, -0.05) is 18.5 Å². The molecule has 20 heavy (non-hydrogen) atoms. The fourth-order valence-electron chi connectivity index (χ4n) is 3.09. The molecule has 0 fully saturated rings. The predicted molar refractivity (Wildman–Crippen MR) is 84.0 cm³/mol. The quantitative estimate of drug-likeness (QED) is 0.922. The van der Waals surface area contributed by atoms with E-state index in [2.05, 4.69) is 11.8 Å². The Kier molecular flexibility index (Phi) is 3.67. The zero-order valence-corrected chi connectivity index (χ0v) is 12.7. The molecule has 1 aliphatic rings. The highest BCUT2D eigenvalue weighted by atomic mass is 35.5. The number of likely N-dealkylation sites (N-methyl/N-ethyl adjacent to an activating group) is 1. The normalized spacial score (nSPS) is 17.2. The van der Waals surface area contributed by atoms with Crippen LogP contribution in [0.15, 0.2) is 18.2 Å². The van der Waals surface area contributed by atoms with Crippen LogP contribution in [0.3, 0.4) is 0 Å². The maximum atomic E-state index is 6.25. The molecule has 4 heteroatoms. The molecular weight excluding hydrogens is 270 g/mol. The third-order valence-corrected chi connectivity index (χ3v) is 4.36. The minimum Gasteiger partial charge on any atom is -0.324 e. The van der Waals surface area contributed by atoms with Crippen molar-refractivity contribution in [1.82, 2.24) is 9.88 Å². The molecule has 0 spiro atoms. The smallest absolute Gasteiger partial charge is 0.0709 e. The van der Waals surface area contributed by atoms with Crippen LogP contribution in [-0.4, -0.2) is 23.0 Å². The second-order valence-corrected chi connectivity index (χ2v) is 5.96. The van der Waals surface area contributed by atoms with Crippen LogP contribution >= 0.6 is 11.6 Å². The van der Waals surface area contributed by atoms with E-state index in [-0.39, 0.29) is 6.04 Å². The highest BCUT2D eigenvalue weighted by Gasteiger charge is 2.23. The van der Waals surface area contributed by atoms with Gasteiger partial charge in [0.05, 0.1) is 5.52 Å². The van der Waals surface area contributed by atoms with Gasteiger partial charge in [-0.25, -0.2) is 0 Å². The lowest BCUT2D eigenvalue weighted by Gasteiger charge is -2.30. The van der Waals surface area contributed by atoms with Gasteiger partial charge in [0.1, 0.15) is 0 Å². The molecule has 1 aromatic carbocycles. The average molecular weight is 290 g/mol. The van der Waals surface area contributed by atoms with Crippen molar-refractivity contribution in [2.75, 3.05) is 13.1 Å². The second kappa shape index (κ2) is 5.32. The van der Waals surface area contributed by atoms with Crippen molar-refractivity contribution in [3.8, 4) is 0 Å². The van der Waals surface area contributed by atoms with E-state index in [1.165, 1.54) is 16.8 Å². The van der Waals surface area contributed by atoms with E-state index in [0.29, 0.717) is 0 Å². The summed E-state index contributed by atoms with van der Waals surface area (Å²) in [4.78, 5) is 7.26. The predicted octanol–water partition coefficient (Wildman–Crippen LogP) is 3.29. The summed E-state index contributed by atoms with van der Waals surface area (Å²) in [6.07, 6.45) is 1.00. The molecule has 1 unspecified atom stereocenters. The van der Waals surface area contributed by atoms with E-state index in [1.807, 2.05) is 25.1 Å². The summed E-state index contributed by atoms with van der Waals surface area (Å²) in [6.45, 7) is 7.32. The Morgan fingerprint density at radius 2 is 2.25 bits per heavy atom. The first-order valence-corrected chi connectivity index (χ1v) is 7.56. The Balaban J connectivity index is 2.27. The zero-order chi connectivity index (χ0) is 14.3. The molecule has 1 aliphatic heterocycles. The first-order valence-electron chi connectivity index (χ1n) is 7.19. The van der Waals surface area contributed by atoms with Crippen molar-refractivity contribution in [1.29, 1.82) is 0 Å². The third kappa shape index (κ3) is 2.30. The van der Waals surface area contributed by atoms with E-state index >= 15 is 0 Å². The van der Waals surface area contributed by atoms with Gasteiger partial charge < -0.3 is 5.73 Å². The Morgan fingerprint density at radius 1 is 1.45 bits per heavy atom. The lowest BCUT2D eigenvalue weighted by Crippen LogP contribution is -2.32. The van der Waals surface area contributed by atoms with Crippen LogP contribution in [0, 0.1) is 0 Å². The van der Waals surface area contributed by atoms with Crippen LogP contribution in [0.4, 0.5) is 0 Å². The summed E-state index contributed by atoms with van der Waals surface area (Å²) in [5.74, 6) is 0. The minimum absolute atomic E-state index is 0.00970. The number of rotatable bonds is 2. The van der Waals surface area contributed by atoms with Gasteiger partial charge in [-0.05, 0) is 42.8 Å². The van der Waals surface area contributed by atoms with Gasteiger partial charge in [0.25, 0.3) is 0 Å². The first kappa shape index (κ1) is 13.8. The summed E-state index contributed by atoms with van der Waals surface area (Å²) in [6, 6.07) is 5.88. The van der Waals surface area contributed by atoms with Gasteiger partial charge >= 0.3 is 0 Å². The van der Waals surface area contributed by atoms with Crippen molar-refractivity contribution < 1.29 is 0 Å². The fraction of sp³-hybridized carbons (Fsp3) is 0.438. The van der Waals surface area contributed by atoms with Gasteiger partial charge in [0, 0.05) is 41.7 Å². The summed E-state index contributed by atoms with van der Waals surface area (Å²) < 4.78 is 0. The Labute approximate surface area is 124 Å². The Morgan fingerprint density at radius 3 is 2.95 bits per heavy atom. The molecular formula is C16H20ClN3. The summed E-state index contributed by atoms with van der Waals surface area (Å²) in [7, 11) is 0. The van der Waals surface area contributed by atoms with E-state index in [1.54, 1.807) is 0 Å². The number of fused-ring (bicyclic) bond motifs is 2. The van der Waals surface area contributed by atoms with Crippen molar-refractivity contribution in [3.05, 3.63) is 40.0 Å². The van der Waals surface area contributed by atoms with Crippen LogP contribution in [0.5, 0.6) is 0 Å². The molecule has 2 heterocycles. The molecule has 0 bridgehead atoms. The van der Waals surface area contributed by atoms with Gasteiger partial charge in [-0.15, -0.1) is 0 Å². The highest BCUT2D eigenvalue weighted by molar-refractivity contribution is 6.31. The summed E-state index contributed by atoms with van der Waals surface area (Å²) in [5.41, 5.74) is 11.0. The molecule has 3 rings (SSSR count). The number of hydrogen-bond donors (Lipinski definition) is 1. The molecule has 2 aromatic rings. The SMILES string of the molecule is CCN1CCc2nc3ccc(Cl)cc3c(C(C)N)c2C1. The largest absolute Gasteiger partial charge is 0.324 e. The monoisotopic (exact) mass is 289 g/mol. The summed E-state index contributed by atoms with van der Waals surface area (Å²) >= 11 is 6.16. The van der Waals surface area contributed by atoms with Crippen molar-refractivity contribution in [2.24, 2.45) is 5.73 Å². The molecule has 0 saturated carbocycles. The number of hydrogen-bond acceptors (Lipinski definition) is 3. The van der Waals surface area contributed by atoms with E-state index in [0.717, 1.165) is 42.0 Å². The first-order chi connectivity index (χ1) is 9.60. The van der Waals surface area contributed by atoms with Crippen LogP contribution in [0.2, 0.25) is 5.02 Å². The number of halogens is 1. The highest BCUT2D eigenvalue weighted by Crippen LogP contribution is 2.32. The maximum Gasteiger partial charge on any atom is 0.0709 e. The Bertz CT molecular complexity index is 652. The average Bonchev–Trinajstić information content (AvgIpc) is 2.43. The molecule has 3 nitrogen and oxygen atoms in total. The van der Waals surface area contributed by atoms with E-state index in [4.69, 9.17) is 22.3 Å². The minimum atomic E-state index is -0.00970. The lowest BCUT2D eigenvalue weighted by atomic mass is 9.92. The van der Waals surface area contributed by atoms with Crippen LogP contribution < -0.4 is 5.73 Å². The molecule has 0 saturated heterocycles. The number of benzene rings is 1. The van der Waals surface area contributed by atoms with Crippen LogP contribution in [-0.2, 0) is 13.0 Å². The fourth-order valence-corrected chi connectivity index (χ4v) is 3.26. The van der Waals surface area contributed by atoms with Gasteiger partial charge in [-0.2, -0.15) is 0 Å². The van der Waals surface area contributed by atoms with Crippen LogP contribution in [0.25, 0.3) is 10.9 Å². The molecule has 0 amide bonds. The molecule has 0 radical (unpaired) electrons. The second-order valence-electron chi connectivity index (χ2n) is 5.52. The van der Waals surface area contributed by atoms with E-state index in [9.17, 15) is 0 Å².